The van der Waals surface area contributed by atoms with Crippen LogP contribution in [0.15, 0.2) is 60.7 Å². The molecule has 3 aromatic rings. The highest BCUT2D eigenvalue weighted by atomic mass is 16.6. The largest absolute Gasteiger partial charge is 0.486 e. The molecular formula is C28H28N2O6. The third-order valence-corrected chi connectivity index (χ3v) is 6.24. The molecular weight excluding hydrogens is 460 g/mol. The van der Waals surface area contributed by atoms with Gasteiger partial charge in [0, 0.05) is 11.1 Å². The van der Waals surface area contributed by atoms with Crippen LogP contribution in [0.2, 0.25) is 0 Å². The Morgan fingerprint density at radius 1 is 0.583 bits per heavy atom. The van der Waals surface area contributed by atoms with Crippen molar-refractivity contribution in [3.8, 4) is 23.0 Å². The fraction of sp³-hybridized carbons (Fsp3) is 0.286. The third-order valence-electron chi connectivity index (χ3n) is 6.24. The second-order valence-corrected chi connectivity index (χ2v) is 8.77. The van der Waals surface area contributed by atoms with Gasteiger partial charge in [-0.05, 0) is 73.5 Å². The quantitative estimate of drug-likeness (QED) is 0.540. The maximum Gasteiger partial charge on any atom is 0.251 e. The fourth-order valence-corrected chi connectivity index (χ4v) is 4.16. The van der Waals surface area contributed by atoms with Crippen LogP contribution in [0.5, 0.6) is 23.0 Å². The summed E-state index contributed by atoms with van der Waals surface area (Å²) in [6.07, 6.45) is 0. The topological polar surface area (TPSA) is 95.1 Å². The number of carbonyl (C=O) groups excluding carboxylic acids is 2. The van der Waals surface area contributed by atoms with Crippen molar-refractivity contribution < 1.29 is 28.5 Å². The average Bonchev–Trinajstić information content (AvgIpc) is 2.92. The van der Waals surface area contributed by atoms with Gasteiger partial charge in [-0.15, -0.1) is 0 Å². The van der Waals surface area contributed by atoms with Gasteiger partial charge < -0.3 is 29.6 Å². The van der Waals surface area contributed by atoms with Gasteiger partial charge in [0.25, 0.3) is 11.8 Å². The molecule has 3 aromatic carbocycles. The summed E-state index contributed by atoms with van der Waals surface area (Å²) in [4.78, 5) is 25.6. The van der Waals surface area contributed by atoms with Crippen LogP contribution < -0.4 is 29.6 Å². The first-order valence-electron chi connectivity index (χ1n) is 12.0. The summed E-state index contributed by atoms with van der Waals surface area (Å²) in [5, 5.41) is 5.98. The lowest BCUT2D eigenvalue weighted by atomic mass is 10.1. The Labute approximate surface area is 209 Å². The highest BCUT2D eigenvalue weighted by Gasteiger charge is 2.19. The van der Waals surface area contributed by atoms with Crippen LogP contribution in [0, 0.1) is 0 Å². The average molecular weight is 489 g/mol. The normalized spacial score (nSPS) is 15.4. The number of ether oxygens (including phenoxy) is 4. The molecule has 0 saturated heterocycles. The predicted octanol–water partition coefficient (Wildman–Crippen LogP) is 4.21. The molecule has 2 aliphatic rings. The number of rotatable bonds is 6. The molecule has 2 amide bonds. The summed E-state index contributed by atoms with van der Waals surface area (Å²) in [5.74, 6) is 2.32. The third kappa shape index (κ3) is 5.07. The van der Waals surface area contributed by atoms with Gasteiger partial charge in [0.1, 0.15) is 26.4 Å². The molecule has 0 radical (unpaired) electrons. The van der Waals surface area contributed by atoms with Crippen LogP contribution in [0.4, 0.5) is 0 Å². The highest BCUT2D eigenvalue weighted by molar-refractivity contribution is 5.98. The molecule has 0 spiro atoms. The van der Waals surface area contributed by atoms with Gasteiger partial charge in [-0.1, -0.05) is 12.1 Å². The monoisotopic (exact) mass is 488 g/mol. The van der Waals surface area contributed by atoms with Gasteiger partial charge in [-0.25, -0.2) is 0 Å². The van der Waals surface area contributed by atoms with Crippen LogP contribution in [0.25, 0.3) is 0 Å². The number of fused-ring (bicyclic) bond motifs is 2. The van der Waals surface area contributed by atoms with E-state index in [0.717, 1.165) is 11.1 Å². The molecule has 36 heavy (non-hydrogen) atoms. The maximum atomic E-state index is 12.8. The summed E-state index contributed by atoms with van der Waals surface area (Å²) in [7, 11) is 0. The first-order chi connectivity index (χ1) is 17.5. The van der Waals surface area contributed by atoms with E-state index in [1.165, 1.54) is 0 Å². The van der Waals surface area contributed by atoms with Crippen molar-refractivity contribution in [3.05, 3.63) is 82.9 Å². The first-order valence-corrected chi connectivity index (χ1v) is 12.0. The number of nitrogens with one attached hydrogen (secondary N) is 2. The Morgan fingerprint density at radius 2 is 0.944 bits per heavy atom. The lowest BCUT2D eigenvalue weighted by molar-refractivity contribution is 0.0927. The van der Waals surface area contributed by atoms with E-state index in [4.69, 9.17) is 18.9 Å². The van der Waals surface area contributed by atoms with Gasteiger partial charge in [-0.2, -0.15) is 0 Å². The minimum absolute atomic E-state index is 0.228. The standard InChI is InChI=1S/C28H28N2O6/c1-17(21-7-9-23-25(15-21)35-13-11-33-23)29-27(31)19-3-5-20(6-4-19)28(32)30-18(2)22-8-10-24-26(16-22)36-14-12-34-24/h3-10,15-18H,11-14H2,1-2H3,(H,29,31)(H,30,32). The van der Waals surface area contributed by atoms with E-state index >= 15 is 0 Å². The molecule has 0 aromatic heterocycles. The van der Waals surface area contributed by atoms with E-state index in [1.54, 1.807) is 24.3 Å². The van der Waals surface area contributed by atoms with Gasteiger partial charge in [0.05, 0.1) is 12.1 Å². The zero-order valence-corrected chi connectivity index (χ0v) is 20.2. The molecule has 2 N–H and O–H groups in total. The number of carbonyl (C=O) groups is 2. The van der Waals surface area contributed by atoms with Crippen molar-refractivity contribution in [3.63, 3.8) is 0 Å². The van der Waals surface area contributed by atoms with E-state index in [2.05, 4.69) is 10.6 Å². The molecule has 2 unspecified atom stereocenters. The second kappa shape index (κ2) is 10.2. The lowest BCUT2D eigenvalue weighted by Crippen LogP contribution is -2.28. The van der Waals surface area contributed by atoms with Gasteiger partial charge in [0.2, 0.25) is 0 Å². The fourth-order valence-electron chi connectivity index (χ4n) is 4.16. The van der Waals surface area contributed by atoms with Crippen LogP contribution >= 0.6 is 0 Å². The van der Waals surface area contributed by atoms with E-state index in [1.807, 2.05) is 50.2 Å². The van der Waals surface area contributed by atoms with Crippen molar-refractivity contribution in [1.29, 1.82) is 0 Å². The zero-order chi connectivity index (χ0) is 25.1. The van der Waals surface area contributed by atoms with E-state index in [9.17, 15) is 9.59 Å². The Kier molecular flexibility index (Phi) is 6.66. The molecule has 0 aliphatic carbocycles. The van der Waals surface area contributed by atoms with E-state index < -0.39 is 0 Å². The maximum absolute atomic E-state index is 12.8. The van der Waals surface area contributed by atoms with E-state index in [-0.39, 0.29) is 23.9 Å². The molecule has 186 valence electrons. The van der Waals surface area contributed by atoms with Gasteiger partial charge in [0.15, 0.2) is 23.0 Å². The van der Waals surface area contributed by atoms with Crippen molar-refractivity contribution in [1.82, 2.24) is 10.6 Å². The Balaban J connectivity index is 1.19. The molecule has 0 fully saturated rings. The molecule has 2 aliphatic heterocycles. The number of amides is 2. The molecule has 8 nitrogen and oxygen atoms in total. The van der Waals surface area contributed by atoms with Crippen molar-refractivity contribution in [2.45, 2.75) is 25.9 Å². The van der Waals surface area contributed by atoms with Crippen LogP contribution in [-0.4, -0.2) is 38.2 Å². The first kappa shape index (κ1) is 23.5. The smallest absolute Gasteiger partial charge is 0.251 e. The minimum Gasteiger partial charge on any atom is -0.486 e. The van der Waals surface area contributed by atoms with Gasteiger partial charge >= 0.3 is 0 Å². The Morgan fingerprint density at radius 3 is 1.33 bits per heavy atom. The minimum atomic E-state index is -0.233. The van der Waals surface area contributed by atoms with Crippen molar-refractivity contribution >= 4 is 11.8 Å². The number of hydrogen-bond acceptors (Lipinski definition) is 6. The van der Waals surface area contributed by atoms with Gasteiger partial charge in [-0.3, -0.25) is 9.59 Å². The number of hydrogen-bond donors (Lipinski definition) is 2. The zero-order valence-electron chi connectivity index (χ0n) is 20.2. The molecule has 5 rings (SSSR count). The van der Waals surface area contributed by atoms with Crippen LogP contribution in [0.1, 0.15) is 57.8 Å². The summed E-state index contributed by atoms with van der Waals surface area (Å²) in [6.45, 7) is 5.89. The SMILES string of the molecule is CC(NC(=O)c1ccc(C(=O)NC(C)c2ccc3c(c2)OCCO3)cc1)c1ccc2c(c1)OCCO2. The van der Waals surface area contributed by atoms with E-state index in [0.29, 0.717) is 60.6 Å². The number of benzene rings is 3. The molecule has 0 saturated carbocycles. The molecule has 8 heteroatoms. The van der Waals surface area contributed by atoms with Crippen LogP contribution in [0.3, 0.4) is 0 Å². The Bertz CT molecular complexity index is 1180. The molecule has 2 heterocycles. The van der Waals surface area contributed by atoms with Crippen molar-refractivity contribution in [2.75, 3.05) is 26.4 Å². The van der Waals surface area contributed by atoms with Crippen LogP contribution in [-0.2, 0) is 0 Å². The highest BCUT2D eigenvalue weighted by Crippen LogP contribution is 2.33. The van der Waals surface area contributed by atoms with Crippen molar-refractivity contribution in [2.24, 2.45) is 0 Å². The predicted molar refractivity (Wildman–Crippen MR) is 133 cm³/mol. The summed E-state index contributed by atoms with van der Waals surface area (Å²) in [6, 6.07) is 17.4. The molecule has 0 bridgehead atoms. The summed E-state index contributed by atoms with van der Waals surface area (Å²) >= 11 is 0. The summed E-state index contributed by atoms with van der Waals surface area (Å²) in [5.41, 5.74) is 2.76. The Hall–Kier alpha value is -4.20. The second-order valence-electron chi connectivity index (χ2n) is 8.77. The molecule has 2 atom stereocenters. The summed E-state index contributed by atoms with van der Waals surface area (Å²) < 4.78 is 22.4. The lowest BCUT2D eigenvalue weighted by Gasteiger charge is -2.21.